The molecule has 0 saturated heterocycles. The summed E-state index contributed by atoms with van der Waals surface area (Å²) in [7, 11) is 0. The van der Waals surface area contributed by atoms with Crippen molar-refractivity contribution >= 4 is 32.6 Å². The molecule has 3 heteroatoms. The smallest absolute Gasteiger partial charge is 0.251 e. The Morgan fingerprint density at radius 1 is 1.15 bits per heavy atom. The SMILES string of the molecule is CC(C)CCCNC(=O)c1ccc2cc(Br)ccc2c1. The third kappa shape index (κ3) is 4.07. The Morgan fingerprint density at radius 2 is 1.85 bits per heavy atom. The highest BCUT2D eigenvalue weighted by Gasteiger charge is 2.06. The summed E-state index contributed by atoms with van der Waals surface area (Å²) >= 11 is 3.45. The molecule has 2 aromatic rings. The number of fused-ring (bicyclic) bond motifs is 1. The van der Waals surface area contributed by atoms with Crippen molar-refractivity contribution in [2.24, 2.45) is 5.92 Å². The van der Waals surface area contributed by atoms with Gasteiger partial charge in [-0.05, 0) is 53.8 Å². The first-order valence-electron chi connectivity index (χ1n) is 7.04. The second-order valence-electron chi connectivity index (χ2n) is 5.50. The van der Waals surface area contributed by atoms with Crippen molar-refractivity contribution in [1.82, 2.24) is 5.32 Å². The fourth-order valence-corrected chi connectivity index (χ4v) is 2.55. The van der Waals surface area contributed by atoms with Crippen LogP contribution >= 0.6 is 15.9 Å². The maximum absolute atomic E-state index is 12.1. The molecule has 2 nitrogen and oxygen atoms in total. The molecule has 0 atom stereocenters. The van der Waals surface area contributed by atoms with Gasteiger partial charge in [-0.3, -0.25) is 4.79 Å². The Labute approximate surface area is 128 Å². The van der Waals surface area contributed by atoms with Gasteiger partial charge in [0.2, 0.25) is 0 Å². The monoisotopic (exact) mass is 333 g/mol. The van der Waals surface area contributed by atoms with Crippen LogP contribution in [0.2, 0.25) is 0 Å². The fraction of sp³-hybridized carbons (Fsp3) is 0.353. The van der Waals surface area contributed by atoms with Crippen LogP contribution in [0.1, 0.15) is 37.0 Å². The van der Waals surface area contributed by atoms with Crippen LogP contribution in [0, 0.1) is 5.92 Å². The van der Waals surface area contributed by atoms with Crippen molar-refractivity contribution in [3.05, 3.63) is 46.4 Å². The van der Waals surface area contributed by atoms with Crippen LogP contribution in [0.4, 0.5) is 0 Å². The summed E-state index contributed by atoms with van der Waals surface area (Å²) < 4.78 is 1.05. The lowest BCUT2D eigenvalue weighted by Gasteiger charge is -2.08. The van der Waals surface area contributed by atoms with E-state index in [4.69, 9.17) is 0 Å². The minimum absolute atomic E-state index is 0.0126. The minimum atomic E-state index is 0.0126. The van der Waals surface area contributed by atoms with E-state index >= 15 is 0 Å². The van der Waals surface area contributed by atoms with Crippen LogP contribution in [-0.4, -0.2) is 12.5 Å². The predicted octanol–water partition coefficient (Wildman–Crippen LogP) is 4.77. The second-order valence-corrected chi connectivity index (χ2v) is 6.41. The Bertz CT molecular complexity index is 607. The van der Waals surface area contributed by atoms with Gasteiger partial charge in [-0.1, -0.05) is 41.9 Å². The topological polar surface area (TPSA) is 29.1 Å². The molecule has 0 aliphatic carbocycles. The van der Waals surface area contributed by atoms with Gasteiger partial charge in [0.25, 0.3) is 5.91 Å². The van der Waals surface area contributed by atoms with Crippen LogP contribution in [0.3, 0.4) is 0 Å². The number of nitrogens with one attached hydrogen (secondary N) is 1. The number of hydrogen-bond acceptors (Lipinski definition) is 1. The first kappa shape index (κ1) is 15.0. The highest BCUT2D eigenvalue weighted by Crippen LogP contribution is 2.20. The molecule has 0 aromatic heterocycles. The predicted molar refractivity (Wildman–Crippen MR) is 88.1 cm³/mol. The maximum Gasteiger partial charge on any atom is 0.251 e. The third-order valence-corrected chi connectivity index (χ3v) is 3.80. The lowest BCUT2D eigenvalue weighted by Crippen LogP contribution is -2.24. The Morgan fingerprint density at radius 3 is 2.60 bits per heavy atom. The van der Waals surface area contributed by atoms with E-state index in [0.717, 1.165) is 40.2 Å². The van der Waals surface area contributed by atoms with Gasteiger partial charge in [0.05, 0.1) is 0 Å². The lowest BCUT2D eigenvalue weighted by atomic mass is 10.1. The summed E-state index contributed by atoms with van der Waals surface area (Å²) in [4.78, 5) is 12.1. The van der Waals surface area contributed by atoms with Gasteiger partial charge < -0.3 is 5.32 Å². The second kappa shape index (κ2) is 6.89. The van der Waals surface area contributed by atoms with E-state index in [1.54, 1.807) is 0 Å². The molecule has 0 saturated carbocycles. The van der Waals surface area contributed by atoms with Gasteiger partial charge in [-0.15, -0.1) is 0 Å². The Balaban J connectivity index is 2.01. The molecule has 20 heavy (non-hydrogen) atoms. The summed E-state index contributed by atoms with van der Waals surface area (Å²) in [5, 5.41) is 5.20. The zero-order chi connectivity index (χ0) is 14.5. The zero-order valence-corrected chi connectivity index (χ0v) is 13.5. The molecule has 1 amide bonds. The molecule has 0 bridgehead atoms. The van der Waals surface area contributed by atoms with E-state index in [1.165, 1.54) is 0 Å². The van der Waals surface area contributed by atoms with Crippen LogP contribution in [-0.2, 0) is 0 Å². The molecule has 0 spiro atoms. The Kier molecular flexibility index (Phi) is 5.18. The van der Waals surface area contributed by atoms with Crippen molar-refractivity contribution in [1.29, 1.82) is 0 Å². The molecule has 2 aromatic carbocycles. The third-order valence-electron chi connectivity index (χ3n) is 3.31. The molecule has 106 valence electrons. The van der Waals surface area contributed by atoms with Gasteiger partial charge >= 0.3 is 0 Å². The Hall–Kier alpha value is -1.35. The summed E-state index contributed by atoms with van der Waals surface area (Å²) in [6, 6.07) is 11.9. The van der Waals surface area contributed by atoms with Crippen molar-refractivity contribution in [2.45, 2.75) is 26.7 Å². The van der Waals surface area contributed by atoms with Gasteiger partial charge in [0, 0.05) is 16.6 Å². The normalized spacial score (nSPS) is 11.0. The largest absolute Gasteiger partial charge is 0.352 e. The first-order chi connectivity index (χ1) is 9.56. The van der Waals surface area contributed by atoms with Crippen molar-refractivity contribution in [3.63, 3.8) is 0 Å². The van der Waals surface area contributed by atoms with Crippen LogP contribution in [0.5, 0.6) is 0 Å². The highest BCUT2D eigenvalue weighted by atomic mass is 79.9. The molecule has 0 aliphatic heterocycles. The molecule has 0 unspecified atom stereocenters. The summed E-state index contributed by atoms with van der Waals surface area (Å²) in [6.07, 6.45) is 2.18. The minimum Gasteiger partial charge on any atom is -0.352 e. The summed E-state index contributed by atoms with van der Waals surface area (Å²) in [5.74, 6) is 0.699. The molecular formula is C17H20BrNO. The number of carbonyl (C=O) groups is 1. The van der Waals surface area contributed by atoms with Gasteiger partial charge in [-0.25, -0.2) is 0 Å². The van der Waals surface area contributed by atoms with E-state index in [-0.39, 0.29) is 5.91 Å². The van der Waals surface area contributed by atoms with Crippen LogP contribution in [0.25, 0.3) is 10.8 Å². The average Bonchev–Trinajstić information content (AvgIpc) is 2.42. The average molecular weight is 334 g/mol. The number of amides is 1. The van der Waals surface area contributed by atoms with Crippen molar-refractivity contribution in [2.75, 3.05) is 6.54 Å². The van der Waals surface area contributed by atoms with E-state index in [1.807, 2.05) is 30.3 Å². The molecule has 0 radical (unpaired) electrons. The number of halogens is 1. The summed E-state index contributed by atoms with van der Waals surface area (Å²) in [5.41, 5.74) is 0.726. The maximum atomic E-state index is 12.1. The first-order valence-corrected chi connectivity index (χ1v) is 7.83. The molecule has 0 heterocycles. The number of benzene rings is 2. The van der Waals surface area contributed by atoms with Gasteiger partial charge in [-0.2, -0.15) is 0 Å². The van der Waals surface area contributed by atoms with E-state index in [2.05, 4.69) is 41.2 Å². The summed E-state index contributed by atoms with van der Waals surface area (Å²) in [6.45, 7) is 5.14. The molecule has 0 fully saturated rings. The van der Waals surface area contributed by atoms with Crippen LogP contribution in [0.15, 0.2) is 40.9 Å². The number of rotatable bonds is 5. The quantitative estimate of drug-likeness (QED) is 0.784. The van der Waals surface area contributed by atoms with Crippen molar-refractivity contribution < 1.29 is 4.79 Å². The molecule has 2 rings (SSSR count). The lowest BCUT2D eigenvalue weighted by molar-refractivity contribution is 0.0952. The molecular weight excluding hydrogens is 314 g/mol. The zero-order valence-electron chi connectivity index (χ0n) is 11.9. The molecule has 1 N–H and O–H groups in total. The number of hydrogen-bond donors (Lipinski definition) is 1. The van der Waals surface area contributed by atoms with Gasteiger partial charge in [0.15, 0.2) is 0 Å². The standard InChI is InChI=1S/C17H20BrNO/c1-12(2)4-3-9-19-17(20)15-6-5-14-11-16(18)8-7-13(14)10-15/h5-8,10-12H,3-4,9H2,1-2H3,(H,19,20). The van der Waals surface area contributed by atoms with Crippen LogP contribution < -0.4 is 5.32 Å². The van der Waals surface area contributed by atoms with E-state index in [9.17, 15) is 4.79 Å². The fourth-order valence-electron chi connectivity index (χ4n) is 2.17. The number of carbonyl (C=O) groups excluding carboxylic acids is 1. The van der Waals surface area contributed by atoms with Gasteiger partial charge in [0.1, 0.15) is 0 Å². The molecule has 0 aliphatic rings. The van der Waals surface area contributed by atoms with E-state index in [0.29, 0.717) is 5.92 Å². The highest BCUT2D eigenvalue weighted by molar-refractivity contribution is 9.10. The van der Waals surface area contributed by atoms with E-state index < -0.39 is 0 Å². The van der Waals surface area contributed by atoms with Crippen molar-refractivity contribution in [3.8, 4) is 0 Å².